The van der Waals surface area contributed by atoms with E-state index in [4.69, 9.17) is 5.26 Å². The molecule has 0 atom stereocenters. The molecular formula is C18H18N6O. The van der Waals surface area contributed by atoms with Gasteiger partial charge in [0.05, 0.1) is 29.2 Å². The van der Waals surface area contributed by atoms with E-state index < -0.39 is 0 Å². The largest absolute Gasteiger partial charge is 0.323 e. The van der Waals surface area contributed by atoms with Gasteiger partial charge in [-0.15, -0.1) is 0 Å². The number of nitrogens with zero attached hydrogens (tertiary/aromatic N) is 5. The predicted octanol–water partition coefficient (Wildman–Crippen LogP) is 2.81. The van der Waals surface area contributed by atoms with E-state index in [1.165, 1.54) is 0 Å². The zero-order valence-electron chi connectivity index (χ0n) is 14.3. The van der Waals surface area contributed by atoms with Gasteiger partial charge in [0.1, 0.15) is 0 Å². The molecule has 0 spiro atoms. The molecule has 7 heteroatoms. The van der Waals surface area contributed by atoms with E-state index >= 15 is 0 Å². The predicted molar refractivity (Wildman–Crippen MR) is 94.9 cm³/mol. The van der Waals surface area contributed by atoms with Crippen LogP contribution in [0.1, 0.15) is 16.8 Å². The lowest BCUT2D eigenvalue weighted by Gasteiger charge is -2.18. The minimum absolute atomic E-state index is 0.245. The van der Waals surface area contributed by atoms with Crippen LogP contribution < -0.4 is 5.32 Å². The van der Waals surface area contributed by atoms with E-state index in [9.17, 15) is 4.79 Å². The maximum absolute atomic E-state index is 12.4. The normalized spacial score (nSPS) is 10.5. The molecule has 0 saturated carbocycles. The molecule has 2 aromatic heterocycles. The molecule has 126 valence electrons. The number of nitrogens with one attached hydrogen (secondary N) is 1. The van der Waals surface area contributed by atoms with Crippen LogP contribution >= 0.6 is 0 Å². The van der Waals surface area contributed by atoms with E-state index in [2.05, 4.69) is 21.5 Å². The average Bonchev–Trinajstić information content (AvgIpc) is 2.89. The van der Waals surface area contributed by atoms with Crippen molar-refractivity contribution < 1.29 is 4.79 Å². The smallest absolute Gasteiger partial charge is 0.321 e. The van der Waals surface area contributed by atoms with Crippen LogP contribution in [0.25, 0.3) is 11.0 Å². The van der Waals surface area contributed by atoms with Gasteiger partial charge in [-0.1, -0.05) is 12.1 Å². The number of anilines is 1. The first-order valence-electron chi connectivity index (χ1n) is 7.78. The Kier molecular flexibility index (Phi) is 4.35. The zero-order chi connectivity index (χ0) is 18.0. The van der Waals surface area contributed by atoms with Gasteiger partial charge < -0.3 is 10.2 Å². The number of pyridine rings is 1. The van der Waals surface area contributed by atoms with Crippen LogP contribution in [-0.2, 0) is 13.6 Å². The Labute approximate surface area is 145 Å². The van der Waals surface area contributed by atoms with E-state index in [0.29, 0.717) is 17.8 Å². The van der Waals surface area contributed by atoms with Crippen LogP contribution in [0, 0.1) is 18.3 Å². The second-order valence-corrected chi connectivity index (χ2v) is 5.90. The molecule has 0 fully saturated rings. The minimum atomic E-state index is -0.245. The molecule has 3 aromatic rings. The summed E-state index contributed by atoms with van der Waals surface area (Å²) >= 11 is 0. The lowest BCUT2D eigenvalue weighted by Crippen LogP contribution is -2.30. The van der Waals surface area contributed by atoms with Gasteiger partial charge >= 0.3 is 6.03 Å². The van der Waals surface area contributed by atoms with Gasteiger partial charge in [-0.3, -0.25) is 4.68 Å². The maximum atomic E-state index is 12.4. The highest BCUT2D eigenvalue weighted by Gasteiger charge is 2.12. The van der Waals surface area contributed by atoms with Gasteiger partial charge in [0.25, 0.3) is 0 Å². The van der Waals surface area contributed by atoms with Crippen molar-refractivity contribution in [2.24, 2.45) is 7.05 Å². The van der Waals surface area contributed by atoms with Gasteiger partial charge in [0.15, 0.2) is 5.65 Å². The first-order valence-corrected chi connectivity index (χ1v) is 7.78. The number of nitriles is 1. The maximum Gasteiger partial charge on any atom is 0.321 e. The summed E-state index contributed by atoms with van der Waals surface area (Å²) in [6.45, 7) is 2.31. The zero-order valence-corrected chi connectivity index (χ0v) is 14.3. The van der Waals surface area contributed by atoms with E-state index in [-0.39, 0.29) is 6.03 Å². The van der Waals surface area contributed by atoms with Crippen LogP contribution in [-0.4, -0.2) is 32.7 Å². The van der Waals surface area contributed by atoms with Crippen molar-refractivity contribution in [2.75, 3.05) is 12.4 Å². The Bertz CT molecular complexity index is 985. The van der Waals surface area contributed by atoms with Crippen LogP contribution in [0.3, 0.4) is 0 Å². The van der Waals surface area contributed by atoms with Crippen molar-refractivity contribution in [1.29, 1.82) is 5.26 Å². The molecule has 0 aliphatic heterocycles. The first-order chi connectivity index (χ1) is 12.0. The number of fused-ring (bicyclic) bond motifs is 1. The third-order valence-corrected chi connectivity index (χ3v) is 3.94. The molecule has 1 N–H and O–H groups in total. The van der Waals surface area contributed by atoms with Crippen molar-refractivity contribution in [3.05, 3.63) is 53.3 Å². The standard InChI is InChI=1S/C18H18N6O/c1-12-16-8-15(10-20-17(16)24(3)22-12)21-18(25)23(2)11-14-6-4-5-13(7-14)9-19/h4-8,10H,11H2,1-3H3,(H,21,25). The molecule has 7 nitrogen and oxygen atoms in total. The number of urea groups is 1. The minimum Gasteiger partial charge on any atom is -0.323 e. The summed E-state index contributed by atoms with van der Waals surface area (Å²) in [7, 11) is 3.54. The van der Waals surface area contributed by atoms with Gasteiger partial charge in [-0.2, -0.15) is 10.4 Å². The van der Waals surface area contributed by atoms with Crippen molar-refractivity contribution in [3.63, 3.8) is 0 Å². The van der Waals surface area contributed by atoms with Crippen LogP contribution in [0.2, 0.25) is 0 Å². The topological polar surface area (TPSA) is 86.8 Å². The molecule has 2 heterocycles. The number of rotatable bonds is 3. The summed E-state index contributed by atoms with van der Waals surface area (Å²) in [6, 6.07) is 10.9. The summed E-state index contributed by atoms with van der Waals surface area (Å²) < 4.78 is 1.71. The summed E-state index contributed by atoms with van der Waals surface area (Å²) in [4.78, 5) is 18.3. The van der Waals surface area contributed by atoms with E-state index in [1.807, 2.05) is 32.2 Å². The van der Waals surface area contributed by atoms with Crippen molar-refractivity contribution in [2.45, 2.75) is 13.5 Å². The van der Waals surface area contributed by atoms with Crippen LogP contribution in [0.15, 0.2) is 36.5 Å². The number of carbonyl (C=O) groups is 1. The fourth-order valence-electron chi connectivity index (χ4n) is 2.68. The number of carbonyl (C=O) groups excluding carboxylic acids is 1. The van der Waals surface area contributed by atoms with Gasteiger partial charge in [-0.05, 0) is 30.7 Å². The molecule has 0 radical (unpaired) electrons. The second kappa shape index (κ2) is 6.61. The fraction of sp³-hybridized carbons (Fsp3) is 0.222. The lowest BCUT2D eigenvalue weighted by molar-refractivity contribution is 0.220. The second-order valence-electron chi connectivity index (χ2n) is 5.90. The summed E-state index contributed by atoms with van der Waals surface area (Å²) in [6.07, 6.45) is 1.62. The molecule has 0 bridgehead atoms. The monoisotopic (exact) mass is 334 g/mol. The van der Waals surface area contributed by atoms with Gasteiger partial charge in [0, 0.05) is 26.0 Å². The molecule has 0 aliphatic rings. The molecule has 0 unspecified atom stereocenters. The van der Waals surface area contributed by atoms with Crippen molar-refractivity contribution in [1.82, 2.24) is 19.7 Å². The Balaban J connectivity index is 1.73. The van der Waals surface area contributed by atoms with Gasteiger partial charge in [-0.25, -0.2) is 9.78 Å². The van der Waals surface area contributed by atoms with Crippen LogP contribution in [0.4, 0.5) is 10.5 Å². The van der Waals surface area contributed by atoms with Crippen LogP contribution in [0.5, 0.6) is 0 Å². The summed E-state index contributed by atoms with van der Waals surface area (Å²) in [5.74, 6) is 0. The fourth-order valence-corrected chi connectivity index (χ4v) is 2.68. The highest BCUT2D eigenvalue weighted by molar-refractivity contribution is 5.91. The SMILES string of the molecule is Cc1nn(C)c2ncc(NC(=O)N(C)Cc3cccc(C#N)c3)cc12. The Morgan fingerprint density at radius 2 is 2.20 bits per heavy atom. The molecule has 0 aliphatic carbocycles. The Morgan fingerprint density at radius 1 is 1.40 bits per heavy atom. The van der Waals surface area contributed by atoms with Gasteiger partial charge in [0.2, 0.25) is 0 Å². The van der Waals surface area contributed by atoms with Crippen molar-refractivity contribution >= 4 is 22.8 Å². The molecule has 3 rings (SSSR count). The number of benzene rings is 1. The summed E-state index contributed by atoms with van der Waals surface area (Å²) in [5, 5.41) is 17.0. The van der Waals surface area contributed by atoms with E-state index in [1.54, 1.807) is 35.0 Å². The number of hydrogen-bond acceptors (Lipinski definition) is 4. The third-order valence-electron chi connectivity index (χ3n) is 3.94. The number of aryl methyl sites for hydroxylation is 2. The molecular weight excluding hydrogens is 316 g/mol. The molecule has 0 saturated heterocycles. The number of hydrogen-bond donors (Lipinski definition) is 1. The third kappa shape index (κ3) is 3.43. The Morgan fingerprint density at radius 3 is 2.96 bits per heavy atom. The van der Waals surface area contributed by atoms with Crippen molar-refractivity contribution in [3.8, 4) is 6.07 Å². The molecule has 1 aromatic carbocycles. The first kappa shape index (κ1) is 16.5. The lowest BCUT2D eigenvalue weighted by atomic mass is 10.1. The quantitative estimate of drug-likeness (QED) is 0.798. The number of aromatic nitrogens is 3. The highest BCUT2D eigenvalue weighted by atomic mass is 16.2. The number of amides is 2. The highest BCUT2D eigenvalue weighted by Crippen LogP contribution is 2.19. The Hall–Kier alpha value is -3.40. The molecule has 25 heavy (non-hydrogen) atoms. The average molecular weight is 334 g/mol. The van der Waals surface area contributed by atoms with E-state index in [0.717, 1.165) is 22.3 Å². The molecule has 2 amide bonds. The summed E-state index contributed by atoms with van der Waals surface area (Å²) in [5.41, 5.74) is 3.73.